The number of benzene rings is 1. The summed E-state index contributed by atoms with van der Waals surface area (Å²) in [6.45, 7) is 5.73. The predicted molar refractivity (Wildman–Crippen MR) is 70.0 cm³/mol. The minimum Gasteiger partial charge on any atom is -0.481 e. The first-order valence-corrected chi connectivity index (χ1v) is 5.71. The van der Waals surface area contributed by atoms with Gasteiger partial charge in [-0.05, 0) is 42.7 Å². The normalized spacial score (nSPS) is 12.2. The molecule has 1 unspecified atom stereocenters. The van der Waals surface area contributed by atoms with Gasteiger partial charge in [0.2, 0.25) is 0 Å². The summed E-state index contributed by atoms with van der Waals surface area (Å²) in [5.74, 6) is -0.845. The molecule has 0 aromatic heterocycles. The van der Waals surface area contributed by atoms with Crippen LogP contribution in [-0.4, -0.2) is 11.1 Å². The third-order valence-electron chi connectivity index (χ3n) is 2.51. The van der Waals surface area contributed by atoms with Gasteiger partial charge < -0.3 is 10.8 Å². The van der Waals surface area contributed by atoms with Gasteiger partial charge in [-0.2, -0.15) is 0 Å². The van der Waals surface area contributed by atoms with E-state index in [1.54, 1.807) is 6.07 Å². The van der Waals surface area contributed by atoms with Gasteiger partial charge in [-0.1, -0.05) is 23.8 Å². The van der Waals surface area contributed by atoms with E-state index >= 15 is 0 Å². The van der Waals surface area contributed by atoms with Crippen LogP contribution in [0.4, 0.5) is 0 Å². The number of nitrogens with two attached hydrogens (primary N) is 1. The number of carboxylic acid groups (broad SMARTS) is 1. The number of aliphatic carboxylic acids is 1. The summed E-state index contributed by atoms with van der Waals surface area (Å²) in [6, 6.07) is 5.17. The second-order valence-electron chi connectivity index (χ2n) is 4.09. The van der Waals surface area contributed by atoms with Gasteiger partial charge in [0.05, 0.1) is 0 Å². The van der Waals surface area contributed by atoms with Gasteiger partial charge in [0.1, 0.15) is 0 Å². The summed E-state index contributed by atoms with van der Waals surface area (Å²) in [5.41, 5.74) is 8.60. The highest BCUT2D eigenvalue weighted by molar-refractivity contribution is 6.30. The summed E-state index contributed by atoms with van der Waals surface area (Å²) in [6.07, 6.45) is 0.446. The summed E-state index contributed by atoms with van der Waals surface area (Å²) in [4.78, 5) is 10.5. The number of halogens is 1. The number of carbonyl (C=O) groups is 1. The molecule has 1 atom stereocenters. The van der Waals surface area contributed by atoms with Gasteiger partial charge in [0.15, 0.2) is 0 Å². The standard InChI is InChI=1S/C13H16ClNO2/c1-8(2)9-5-10(7-11(14)6-9)12(15)3-4-13(16)17/h5-7,12H,1,3-4,15H2,2H3,(H,16,17). The molecule has 0 bridgehead atoms. The van der Waals surface area contributed by atoms with Crippen LogP contribution in [0.1, 0.15) is 36.9 Å². The Kier molecular flexibility index (Phi) is 4.73. The molecule has 4 heteroatoms. The largest absolute Gasteiger partial charge is 0.481 e. The minimum atomic E-state index is -0.845. The van der Waals surface area contributed by atoms with Crippen LogP contribution in [0, 0.1) is 0 Å². The Bertz CT molecular complexity index is 443. The molecule has 92 valence electrons. The van der Waals surface area contributed by atoms with Crippen molar-refractivity contribution in [2.45, 2.75) is 25.8 Å². The Hall–Kier alpha value is -1.32. The molecular weight excluding hydrogens is 238 g/mol. The van der Waals surface area contributed by atoms with E-state index in [1.165, 1.54) is 0 Å². The fourth-order valence-electron chi connectivity index (χ4n) is 1.52. The fourth-order valence-corrected chi connectivity index (χ4v) is 1.76. The van der Waals surface area contributed by atoms with E-state index in [4.69, 9.17) is 22.4 Å². The first-order valence-electron chi connectivity index (χ1n) is 5.34. The van der Waals surface area contributed by atoms with E-state index in [0.717, 1.165) is 16.7 Å². The Morgan fingerprint density at radius 2 is 2.18 bits per heavy atom. The third-order valence-corrected chi connectivity index (χ3v) is 2.73. The van der Waals surface area contributed by atoms with E-state index in [1.807, 2.05) is 19.1 Å². The van der Waals surface area contributed by atoms with Crippen molar-refractivity contribution in [1.82, 2.24) is 0 Å². The van der Waals surface area contributed by atoms with Crippen molar-refractivity contribution in [1.29, 1.82) is 0 Å². The van der Waals surface area contributed by atoms with Gasteiger partial charge in [0, 0.05) is 17.5 Å². The Morgan fingerprint density at radius 1 is 1.53 bits per heavy atom. The molecule has 1 rings (SSSR count). The summed E-state index contributed by atoms with van der Waals surface area (Å²) in [7, 11) is 0. The minimum absolute atomic E-state index is 0.0517. The van der Waals surface area contributed by atoms with Crippen molar-refractivity contribution in [2.75, 3.05) is 0 Å². The second kappa shape index (κ2) is 5.84. The zero-order valence-electron chi connectivity index (χ0n) is 9.74. The highest BCUT2D eigenvalue weighted by Crippen LogP contribution is 2.25. The highest BCUT2D eigenvalue weighted by atomic mass is 35.5. The maximum Gasteiger partial charge on any atom is 0.303 e. The van der Waals surface area contributed by atoms with Crippen molar-refractivity contribution in [3.63, 3.8) is 0 Å². The molecule has 0 radical (unpaired) electrons. The van der Waals surface area contributed by atoms with Gasteiger partial charge in [-0.3, -0.25) is 4.79 Å². The molecule has 0 aliphatic rings. The van der Waals surface area contributed by atoms with E-state index in [9.17, 15) is 4.79 Å². The van der Waals surface area contributed by atoms with Crippen LogP contribution in [0.2, 0.25) is 5.02 Å². The van der Waals surface area contributed by atoms with Crippen molar-refractivity contribution in [3.05, 3.63) is 40.9 Å². The zero-order valence-corrected chi connectivity index (χ0v) is 10.5. The van der Waals surface area contributed by atoms with Gasteiger partial charge in [0.25, 0.3) is 0 Å². The molecule has 3 nitrogen and oxygen atoms in total. The number of carboxylic acids is 1. The topological polar surface area (TPSA) is 63.3 Å². The lowest BCUT2D eigenvalue weighted by atomic mass is 9.98. The highest BCUT2D eigenvalue weighted by Gasteiger charge is 2.10. The van der Waals surface area contributed by atoms with Crippen LogP contribution < -0.4 is 5.73 Å². The van der Waals surface area contributed by atoms with Crippen LogP contribution in [0.25, 0.3) is 5.57 Å². The van der Waals surface area contributed by atoms with E-state index in [-0.39, 0.29) is 12.5 Å². The SMILES string of the molecule is C=C(C)c1cc(Cl)cc(C(N)CCC(=O)O)c1. The molecule has 0 aliphatic heterocycles. The maximum atomic E-state index is 10.5. The molecule has 1 aromatic carbocycles. The average Bonchev–Trinajstić information content (AvgIpc) is 2.24. The number of allylic oxidation sites excluding steroid dienone is 1. The molecule has 0 spiro atoms. The van der Waals surface area contributed by atoms with E-state index < -0.39 is 5.97 Å². The molecule has 0 saturated carbocycles. The van der Waals surface area contributed by atoms with Crippen molar-refractivity contribution < 1.29 is 9.90 Å². The van der Waals surface area contributed by atoms with Crippen molar-refractivity contribution in [2.24, 2.45) is 5.73 Å². The third kappa shape index (κ3) is 4.21. The van der Waals surface area contributed by atoms with Crippen molar-refractivity contribution >= 4 is 23.1 Å². The summed E-state index contributed by atoms with van der Waals surface area (Å²) < 4.78 is 0. The molecule has 17 heavy (non-hydrogen) atoms. The van der Waals surface area contributed by atoms with Crippen LogP contribution in [0.5, 0.6) is 0 Å². The molecule has 0 fully saturated rings. The molecule has 1 aromatic rings. The van der Waals surface area contributed by atoms with E-state index in [0.29, 0.717) is 11.4 Å². The number of rotatable bonds is 5. The molecule has 0 heterocycles. The van der Waals surface area contributed by atoms with Crippen LogP contribution in [0.3, 0.4) is 0 Å². The number of hydrogen-bond donors (Lipinski definition) is 2. The van der Waals surface area contributed by atoms with Gasteiger partial charge >= 0.3 is 5.97 Å². The monoisotopic (exact) mass is 253 g/mol. The maximum absolute atomic E-state index is 10.5. The Morgan fingerprint density at radius 3 is 2.71 bits per heavy atom. The molecular formula is C13H16ClNO2. The van der Waals surface area contributed by atoms with Gasteiger partial charge in [-0.25, -0.2) is 0 Å². The Labute approximate surface area is 106 Å². The lowest BCUT2D eigenvalue weighted by molar-refractivity contribution is -0.137. The lowest BCUT2D eigenvalue weighted by Gasteiger charge is -2.13. The fraction of sp³-hybridized carbons (Fsp3) is 0.308. The smallest absolute Gasteiger partial charge is 0.303 e. The van der Waals surface area contributed by atoms with Crippen LogP contribution in [0.15, 0.2) is 24.8 Å². The molecule has 0 aliphatic carbocycles. The summed E-state index contributed by atoms with van der Waals surface area (Å²) >= 11 is 5.99. The lowest BCUT2D eigenvalue weighted by Crippen LogP contribution is -2.12. The molecule has 0 saturated heterocycles. The molecule has 3 N–H and O–H groups in total. The first-order chi connectivity index (χ1) is 7.90. The van der Waals surface area contributed by atoms with Crippen molar-refractivity contribution in [3.8, 4) is 0 Å². The quantitative estimate of drug-likeness (QED) is 0.847. The second-order valence-corrected chi connectivity index (χ2v) is 4.53. The van der Waals surface area contributed by atoms with E-state index in [2.05, 4.69) is 6.58 Å². The zero-order chi connectivity index (χ0) is 13.0. The molecule has 0 amide bonds. The summed E-state index contributed by atoms with van der Waals surface area (Å²) in [5, 5.41) is 9.20. The van der Waals surface area contributed by atoms with Crippen LogP contribution in [-0.2, 0) is 4.79 Å². The van der Waals surface area contributed by atoms with Crippen LogP contribution >= 0.6 is 11.6 Å². The predicted octanol–water partition coefficient (Wildman–Crippen LogP) is 3.24. The first kappa shape index (κ1) is 13.7. The van der Waals surface area contributed by atoms with Gasteiger partial charge in [-0.15, -0.1) is 0 Å². The average molecular weight is 254 g/mol. The Balaban J connectivity index is 2.89. The number of hydrogen-bond acceptors (Lipinski definition) is 2.